The van der Waals surface area contributed by atoms with Crippen LogP contribution in [0, 0.1) is 0 Å². The van der Waals surface area contributed by atoms with Crippen molar-refractivity contribution in [1.82, 2.24) is 9.78 Å². The van der Waals surface area contributed by atoms with Crippen LogP contribution in [0.15, 0.2) is 6.20 Å². The van der Waals surface area contributed by atoms with E-state index in [1.54, 1.807) is 6.20 Å². The van der Waals surface area contributed by atoms with Crippen molar-refractivity contribution >= 4 is 11.6 Å². The zero-order chi connectivity index (χ0) is 9.42. The topological polar surface area (TPSA) is 43.8 Å². The number of halogens is 1. The molecule has 13 heavy (non-hydrogen) atoms. The Labute approximate surface area is 82.9 Å². The summed E-state index contributed by atoms with van der Waals surface area (Å²) in [5, 5.41) is 5.02. The minimum Gasteiger partial charge on any atom is -0.326 e. The van der Waals surface area contributed by atoms with Gasteiger partial charge in [0.2, 0.25) is 0 Å². The van der Waals surface area contributed by atoms with Crippen LogP contribution in [0.3, 0.4) is 0 Å². The van der Waals surface area contributed by atoms with E-state index in [0.29, 0.717) is 5.92 Å². The van der Waals surface area contributed by atoms with Crippen molar-refractivity contribution in [3.63, 3.8) is 0 Å². The fraction of sp³-hybridized carbons (Fsp3) is 0.667. The first-order valence-corrected chi connectivity index (χ1v) is 5.03. The van der Waals surface area contributed by atoms with E-state index in [9.17, 15) is 0 Å². The van der Waals surface area contributed by atoms with Crippen molar-refractivity contribution < 1.29 is 0 Å². The molecule has 3 nitrogen and oxygen atoms in total. The molecule has 0 radical (unpaired) electrons. The molecule has 2 rings (SSSR count). The molecule has 1 fully saturated rings. The van der Waals surface area contributed by atoms with Gasteiger partial charge in [0.25, 0.3) is 0 Å². The minimum atomic E-state index is 0.133. The molecule has 0 spiro atoms. The Kier molecular flexibility index (Phi) is 2.30. The molecular weight excluding hydrogens is 186 g/mol. The number of nitrogens with two attached hydrogens (primary N) is 1. The Hall–Kier alpha value is -0.540. The highest BCUT2D eigenvalue weighted by atomic mass is 35.5. The van der Waals surface area contributed by atoms with Crippen LogP contribution in [-0.2, 0) is 6.54 Å². The lowest BCUT2D eigenvalue weighted by molar-refractivity contribution is 0.520. The van der Waals surface area contributed by atoms with E-state index < -0.39 is 0 Å². The van der Waals surface area contributed by atoms with E-state index in [1.165, 1.54) is 18.5 Å². The molecule has 4 heteroatoms. The SMILES string of the molecule is CC(N)Cn1ncc(Cl)c1C1CC1. The average molecular weight is 200 g/mol. The fourth-order valence-electron chi connectivity index (χ4n) is 1.55. The van der Waals surface area contributed by atoms with Crippen molar-refractivity contribution in [3.8, 4) is 0 Å². The quantitative estimate of drug-likeness (QED) is 0.807. The molecule has 1 atom stereocenters. The highest BCUT2D eigenvalue weighted by molar-refractivity contribution is 6.31. The third kappa shape index (κ3) is 1.86. The number of hydrogen-bond donors (Lipinski definition) is 1. The Morgan fingerprint density at radius 2 is 2.46 bits per heavy atom. The molecule has 0 bridgehead atoms. The van der Waals surface area contributed by atoms with Gasteiger partial charge >= 0.3 is 0 Å². The van der Waals surface area contributed by atoms with Crippen molar-refractivity contribution in [3.05, 3.63) is 16.9 Å². The summed E-state index contributed by atoms with van der Waals surface area (Å²) in [4.78, 5) is 0. The first-order chi connectivity index (χ1) is 6.18. The van der Waals surface area contributed by atoms with E-state index in [-0.39, 0.29) is 6.04 Å². The molecule has 0 aliphatic heterocycles. The molecule has 1 saturated carbocycles. The molecule has 2 N–H and O–H groups in total. The number of aromatic nitrogens is 2. The van der Waals surface area contributed by atoms with Crippen molar-refractivity contribution in [2.75, 3.05) is 0 Å². The largest absolute Gasteiger partial charge is 0.326 e. The Morgan fingerprint density at radius 3 is 3.00 bits per heavy atom. The van der Waals surface area contributed by atoms with E-state index in [2.05, 4.69) is 5.10 Å². The Balaban J connectivity index is 2.23. The van der Waals surface area contributed by atoms with Gasteiger partial charge in [-0.3, -0.25) is 4.68 Å². The maximum Gasteiger partial charge on any atom is 0.0820 e. The first-order valence-electron chi connectivity index (χ1n) is 4.65. The highest BCUT2D eigenvalue weighted by Crippen LogP contribution is 2.43. The standard InChI is InChI=1S/C9H14ClN3/c1-6(11)5-13-9(7-2-3-7)8(10)4-12-13/h4,6-7H,2-3,5,11H2,1H3. The summed E-state index contributed by atoms with van der Waals surface area (Å²) in [6.45, 7) is 2.74. The normalized spacial score (nSPS) is 19.0. The van der Waals surface area contributed by atoms with Gasteiger partial charge in [-0.15, -0.1) is 0 Å². The predicted octanol–water partition coefficient (Wildman–Crippen LogP) is 1.76. The second-order valence-electron chi connectivity index (χ2n) is 3.81. The summed E-state index contributed by atoms with van der Waals surface area (Å²) in [6.07, 6.45) is 4.20. The molecular formula is C9H14ClN3. The minimum absolute atomic E-state index is 0.133. The van der Waals surface area contributed by atoms with Crippen molar-refractivity contribution in [1.29, 1.82) is 0 Å². The molecule has 0 saturated heterocycles. The van der Waals surface area contributed by atoms with Gasteiger partial charge < -0.3 is 5.73 Å². The molecule has 1 aliphatic carbocycles. The van der Waals surface area contributed by atoms with Gasteiger partial charge in [0.15, 0.2) is 0 Å². The summed E-state index contributed by atoms with van der Waals surface area (Å²) in [7, 11) is 0. The highest BCUT2D eigenvalue weighted by Gasteiger charge is 2.29. The second kappa shape index (κ2) is 3.31. The summed E-state index contributed by atoms with van der Waals surface area (Å²) in [5.74, 6) is 0.633. The van der Waals surface area contributed by atoms with Crippen LogP contribution in [0.25, 0.3) is 0 Å². The van der Waals surface area contributed by atoms with E-state index in [1.807, 2.05) is 11.6 Å². The molecule has 1 heterocycles. The summed E-state index contributed by atoms with van der Waals surface area (Å²) >= 11 is 6.04. The van der Waals surface area contributed by atoms with Crippen LogP contribution in [0.5, 0.6) is 0 Å². The Morgan fingerprint density at radius 1 is 1.77 bits per heavy atom. The zero-order valence-corrected chi connectivity index (χ0v) is 8.46. The van der Waals surface area contributed by atoms with Crippen molar-refractivity contribution in [2.24, 2.45) is 5.73 Å². The second-order valence-corrected chi connectivity index (χ2v) is 4.22. The van der Waals surface area contributed by atoms with Gasteiger partial charge in [-0.05, 0) is 19.8 Å². The smallest absolute Gasteiger partial charge is 0.0820 e. The van der Waals surface area contributed by atoms with Crippen molar-refractivity contribution in [2.45, 2.75) is 38.3 Å². The van der Waals surface area contributed by atoms with Gasteiger partial charge in [-0.2, -0.15) is 5.10 Å². The lowest BCUT2D eigenvalue weighted by atomic mass is 10.3. The molecule has 0 amide bonds. The molecule has 1 aliphatic rings. The molecule has 1 unspecified atom stereocenters. The molecule has 0 aromatic carbocycles. The van der Waals surface area contributed by atoms with Crippen LogP contribution in [0.1, 0.15) is 31.4 Å². The number of hydrogen-bond acceptors (Lipinski definition) is 2. The van der Waals surface area contributed by atoms with Crippen LogP contribution in [0.2, 0.25) is 5.02 Å². The van der Waals surface area contributed by atoms with Gasteiger partial charge in [0.1, 0.15) is 0 Å². The zero-order valence-electron chi connectivity index (χ0n) is 7.70. The predicted molar refractivity (Wildman–Crippen MR) is 52.9 cm³/mol. The number of rotatable bonds is 3. The van der Waals surface area contributed by atoms with Gasteiger partial charge in [0.05, 0.1) is 23.5 Å². The van der Waals surface area contributed by atoms with Crippen LogP contribution < -0.4 is 5.73 Å². The maximum atomic E-state index is 6.04. The third-order valence-corrected chi connectivity index (χ3v) is 2.55. The lowest BCUT2D eigenvalue weighted by Gasteiger charge is -2.09. The lowest BCUT2D eigenvalue weighted by Crippen LogP contribution is -2.23. The molecule has 1 aromatic heterocycles. The Bertz CT molecular complexity index is 302. The first kappa shape index (κ1) is 9.03. The van der Waals surface area contributed by atoms with E-state index in [0.717, 1.165) is 11.6 Å². The van der Waals surface area contributed by atoms with Crippen LogP contribution >= 0.6 is 11.6 Å². The molecule has 1 aromatic rings. The summed E-state index contributed by atoms with van der Waals surface area (Å²) in [5.41, 5.74) is 6.90. The maximum absolute atomic E-state index is 6.04. The molecule has 72 valence electrons. The van der Waals surface area contributed by atoms with Gasteiger partial charge in [-0.1, -0.05) is 11.6 Å². The van der Waals surface area contributed by atoms with Crippen LogP contribution in [0.4, 0.5) is 0 Å². The third-order valence-electron chi connectivity index (χ3n) is 2.26. The fourth-order valence-corrected chi connectivity index (χ4v) is 1.85. The van der Waals surface area contributed by atoms with Crippen LogP contribution in [-0.4, -0.2) is 15.8 Å². The summed E-state index contributed by atoms with van der Waals surface area (Å²) in [6, 6.07) is 0.133. The van der Waals surface area contributed by atoms with Gasteiger partial charge in [0, 0.05) is 12.0 Å². The van der Waals surface area contributed by atoms with E-state index in [4.69, 9.17) is 17.3 Å². The van der Waals surface area contributed by atoms with E-state index >= 15 is 0 Å². The van der Waals surface area contributed by atoms with Gasteiger partial charge in [-0.25, -0.2) is 0 Å². The number of nitrogens with zero attached hydrogens (tertiary/aromatic N) is 2. The summed E-state index contributed by atoms with van der Waals surface area (Å²) < 4.78 is 1.95. The monoisotopic (exact) mass is 199 g/mol. The average Bonchev–Trinajstić information content (AvgIpc) is 2.79.